The SMILES string of the molecule is COc1ccc2c(n1)NC1(CCC1)CCN2. The molecule has 4 heteroatoms. The Kier molecular flexibility index (Phi) is 2.16. The minimum atomic E-state index is 0.289. The lowest BCUT2D eigenvalue weighted by Crippen LogP contribution is -2.45. The number of anilines is 2. The first-order chi connectivity index (χ1) is 7.81. The van der Waals surface area contributed by atoms with Crippen molar-refractivity contribution in [2.75, 3.05) is 24.3 Å². The zero-order valence-electron chi connectivity index (χ0n) is 9.55. The fraction of sp³-hybridized carbons (Fsp3) is 0.583. The van der Waals surface area contributed by atoms with Crippen molar-refractivity contribution >= 4 is 11.5 Å². The lowest BCUT2D eigenvalue weighted by atomic mass is 9.74. The largest absolute Gasteiger partial charge is 0.481 e. The zero-order chi connectivity index (χ0) is 11.0. The molecule has 0 atom stereocenters. The molecule has 1 aliphatic heterocycles. The number of methoxy groups -OCH3 is 1. The summed E-state index contributed by atoms with van der Waals surface area (Å²) >= 11 is 0. The second-order valence-electron chi connectivity index (χ2n) is 4.69. The van der Waals surface area contributed by atoms with Crippen molar-refractivity contribution in [2.45, 2.75) is 31.2 Å². The van der Waals surface area contributed by atoms with E-state index in [-0.39, 0.29) is 5.54 Å². The Labute approximate surface area is 95.4 Å². The molecule has 2 N–H and O–H groups in total. The Morgan fingerprint density at radius 2 is 2.19 bits per heavy atom. The van der Waals surface area contributed by atoms with Gasteiger partial charge >= 0.3 is 0 Å². The third-order valence-corrected chi connectivity index (χ3v) is 3.69. The molecule has 1 aromatic heterocycles. The Hall–Kier alpha value is -1.45. The van der Waals surface area contributed by atoms with Crippen LogP contribution in [0.3, 0.4) is 0 Å². The number of aromatic nitrogens is 1. The van der Waals surface area contributed by atoms with Crippen LogP contribution in [0.25, 0.3) is 0 Å². The van der Waals surface area contributed by atoms with Gasteiger partial charge in [-0.3, -0.25) is 0 Å². The first kappa shape index (κ1) is 9.75. The molecule has 3 rings (SSSR count). The van der Waals surface area contributed by atoms with Gasteiger partial charge in [0.1, 0.15) is 0 Å². The van der Waals surface area contributed by atoms with Gasteiger partial charge in [0.15, 0.2) is 5.82 Å². The summed E-state index contributed by atoms with van der Waals surface area (Å²) in [7, 11) is 1.65. The van der Waals surface area contributed by atoms with E-state index in [2.05, 4.69) is 15.6 Å². The van der Waals surface area contributed by atoms with Crippen LogP contribution in [0.4, 0.5) is 11.5 Å². The maximum Gasteiger partial charge on any atom is 0.215 e. The molecule has 2 heterocycles. The highest BCUT2D eigenvalue weighted by Gasteiger charge is 2.38. The fourth-order valence-corrected chi connectivity index (χ4v) is 2.52. The highest BCUT2D eigenvalue weighted by molar-refractivity contribution is 5.67. The van der Waals surface area contributed by atoms with Crippen LogP contribution in [0, 0.1) is 0 Å². The Balaban J connectivity index is 1.94. The number of pyridine rings is 1. The summed E-state index contributed by atoms with van der Waals surface area (Å²) in [5.74, 6) is 1.61. The van der Waals surface area contributed by atoms with Crippen LogP contribution < -0.4 is 15.4 Å². The number of nitrogens with zero attached hydrogens (tertiary/aromatic N) is 1. The van der Waals surface area contributed by atoms with E-state index in [1.807, 2.05) is 12.1 Å². The molecular formula is C12H17N3O. The number of hydrogen-bond donors (Lipinski definition) is 2. The number of fused-ring (bicyclic) bond motifs is 1. The molecule has 2 aliphatic rings. The maximum atomic E-state index is 5.16. The van der Waals surface area contributed by atoms with E-state index >= 15 is 0 Å². The van der Waals surface area contributed by atoms with Crippen molar-refractivity contribution in [2.24, 2.45) is 0 Å². The Morgan fingerprint density at radius 3 is 2.88 bits per heavy atom. The van der Waals surface area contributed by atoms with Crippen LogP contribution in [-0.2, 0) is 0 Å². The first-order valence-corrected chi connectivity index (χ1v) is 5.88. The molecule has 16 heavy (non-hydrogen) atoms. The highest BCUT2D eigenvalue weighted by Crippen LogP contribution is 2.41. The van der Waals surface area contributed by atoms with Crippen molar-refractivity contribution in [1.82, 2.24) is 4.98 Å². The molecule has 0 unspecified atom stereocenters. The molecule has 1 fully saturated rings. The average Bonchev–Trinajstić information content (AvgIpc) is 2.46. The minimum absolute atomic E-state index is 0.289. The molecule has 4 nitrogen and oxygen atoms in total. The molecular weight excluding hydrogens is 202 g/mol. The average molecular weight is 219 g/mol. The third kappa shape index (κ3) is 1.49. The quantitative estimate of drug-likeness (QED) is 0.760. The van der Waals surface area contributed by atoms with Gasteiger partial charge in [-0.05, 0) is 31.7 Å². The minimum Gasteiger partial charge on any atom is -0.481 e. The first-order valence-electron chi connectivity index (χ1n) is 5.88. The predicted molar refractivity (Wildman–Crippen MR) is 64.1 cm³/mol. The van der Waals surface area contributed by atoms with Crippen molar-refractivity contribution in [3.8, 4) is 5.88 Å². The van der Waals surface area contributed by atoms with Gasteiger partial charge in [-0.2, -0.15) is 4.98 Å². The van der Waals surface area contributed by atoms with Gasteiger partial charge in [0, 0.05) is 18.2 Å². The Bertz CT molecular complexity index is 401. The second-order valence-corrected chi connectivity index (χ2v) is 4.69. The summed E-state index contributed by atoms with van der Waals surface area (Å²) in [5, 5.41) is 7.01. The maximum absolute atomic E-state index is 5.16. The van der Waals surface area contributed by atoms with Gasteiger partial charge in [0.05, 0.1) is 12.8 Å². The van der Waals surface area contributed by atoms with E-state index in [0.717, 1.165) is 18.1 Å². The van der Waals surface area contributed by atoms with Crippen molar-refractivity contribution < 1.29 is 4.74 Å². The summed E-state index contributed by atoms with van der Waals surface area (Å²) < 4.78 is 5.16. The molecule has 0 saturated heterocycles. The number of hydrogen-bond acceptors (Lipinski definition) is 4. The monoisotopic (exact) mass is 219 g/mol. The van der Waals surface area contributed by atoms with Gasteiger partial charge in [0.25, 0.3) is 0 Å². The normalized spacial score (nSPS) is 21.1. The number of ether oxygens (including phenoxy) is 1. The molecule has 1 saturated carbocycles. The summed E-state index contributed by atoms with van der Waals surface area (Å²) in [6.45, 7) is 1.02. The summed E-state index contributed by atoms with van der Waals surface area (Å²) in [4.78, 5) is 4.47. The van der Waals surface area contributed by atoms with Crippen LogP contribution in [0.2, 0.25) is 0 Å². The van der Waals surface area contributed by atoms with Crippen LogP contribution in [-0.4, -0.2) is 24.2 Å². The standard InChI is InChI=1S/C12H17N3O/c1-16-10-4-3-9-11(14-10)15-12(5-2-6-12)7-8-13-9/h3-4,13H,2,5-8H2,1H3,(H,14,15). The van der Waals surface area contributed by atoms with Gasteiger partial charge < -0.3 is 15.4 Å². The van der Waals surface area contributed by atoms with Crippen molar-refractivity contribution in [1.29, 1.82) is 0 Å². The van der Waals surface area contributed by atoms with Crippen LogP contribution >= 0.6 is 0 Å². The summed E-state index contributed by atoms with van der Waals surface area (Å²) in [5.41, 5.74) is 1.38. The fourth-order valence-electron chi connectivity index (χ4n) is 2.52. The second kappa shape index (κ2) is 3.54. The van der Waals surface area contributed by atoms with E-state index in [1.165, 1.54) is 25.7 Å². The molecule has 0 radical (unpaired) electrons. The zero-order valence-corrected chi connectivity index (χ0v) is 9.55. The van der Waals surface area contributed by atoms with Gasteiger partial charge in [-0.1, -0.05) is 0 Å². The van der Waals surface area contributed by atoms with Crippen LogP contribution in [0.5, 0.6) is 5.88 Å². The smallest absolute Gasteiger partial charge is 0.215 e. The highest BCUT2D eigenvalue weighted by atomic mass is 16.5. The van der Waals surface area contributed by atoms with Crippen molar-refractivity contribution in [3.63, 3.8) is 0 Å². The molecule has 1 spiro atoms. The number of rotatable bonds is 1. The third-order valence-electron chi connectivity index (χ3n) is 3.69. The van der Waals surface area contributed by atoms with Gasteiger partial charge in [-0.15, -0.1) is 0 Å². The molecule has 86 valence electrons. The summed E-state index contributed by atoms with van der Waals surface area (Å²) in [6.07, 6.45) is 5.01. The van der Waals surface area contributed by atoms with E-state index in [4.69, 9.17) is 4.74 Å². The van der Waals surface area contributed by atoms with E-state index in [1.54, 1.807) is 7.11 Å². The van der Waals surface area contributed by atoms with Crippen LogP contribution in [0.1, 0.15) is 25.7 Å². The van der Waals surface area contributed by atoms with E-state index < -0.39 is 0 Å². The molecule has 1 aliphatic carbocycles. The predicted octanol–water partition coefficient (Wildman–Crippen LogP) is 2.24. The van der Waals surface area contributed by atoms with Crippen molar-refractivity contribution in [3.05, 3.63) is 12.1 Å². The Morgan fingerprint density at radius 1 is 1.31 bits per heavy atom. The van der Waals surface area contributed by atoms with Gasteiger partial charge in [0.2, 0.25) is 5.88 Å². The van der Waals surface area contributed by atoms with E-state index in [0.29, 0.717) is 5.88 Å². The molecule has 0 amide bonds. The summed E-state index contributed by atoms with van der Waals surface area (Å²) in [6, 6.07) is 3.93. The van der Waals surface area contributed by atoms with E-state index in [9.17, 15) is 0 Å². The van der Waals surface area contributed by atoms with Gasteiger partial charge in [-0.25, -0.2) is 0 Å². The molecule has 0 bridgehead atoms. The number of nitrogens with one attached hydrogen (secondary N) is 2. The van der Waals surface area contributed by atoms with Crippen LogP contribution in [0.15, 0.2) is 12.1 Å². The lowest BCUT2D eigenvalue weighted by molar-refractivity contribution is 0.267. The molecule has 1 aromatic rings. The topological polar surface area (TPSA) is 46.2 Å². The molecule has 0 aromatic carbocycles. The lowest BCUT2D eigenvalue weighted by Gasteiger charge is -2.42.